The van der Waals surface area contributed by atoms with E-state index < -0.39 is 6.41 Å². The van der Waals surface area contributed by atoms with E-state index in [1.165, 1.54) is 0 Å². The minimum atomic E-state index is -1.01. The molecular weight excluding hydrogens is 264 g/mol. The van der Waals surface area contributed by atoms with Gasteiger partial charge < -0.3 is 20.1 Å². The molecule has 1 heterocycles. The summed E-state index contributed by atoms with van der Waals surface area (Å²) in [4.78, 5) is 2.05. The summed E-state index contributed by atoms with van der Waals surface area (Å²) in [7, 11) is 4.01. The van der Waals surface area contributed by atoms with Gasteiger partial charge in [-0.15, -0.1) is 0 Å². The maximum absolute atomic E-state index is 9.75. The maximum Gasteiger partial charge on any atom is 0.279 e. The Morgan fingerprint density at radius 1 is 0.952 bits per heavy atom. The largest absolute Gasteiger partial charge is 0.444 e. The van der Waals surface area contributed by atoms with Crippen LogP contribution in [0.15, 0.2) is 54.6 Å². The lowest BCUT2D eigenvalue weighted by Gasteiger charge is -2.13. The van der Waals surface area contributed by atoms with E-state index >= 15 is 0 Å². The number of hydrogen-bond donors (Lipinski definition) is 2. The molecule has 1 aliphatic rings. The van der Waals surface area contributed by atoms with Crippen LogP contribution >= 0.6 is 0 Å². The number of aliphatic hydroxyl groups is 1. The summed E-state index contributed by atoms with van der Waals surface area (Å²) >= 11 is 0. The van der Waals surface area contributed by atoms with Crippen LogP contribution in [0.1, 0.15) is 11.1 Å². The van der Waals surface area contributed by atoms with Gasteiger partial charge in [0.05, 0.1) is 5.70 Å². The van der Waals surface area contributed by atoms with Crippen LogP contribution in [0, 0.1) is 0 Å². The summed E-state index contributed by atoms with van der Waals surface area (Å²) in [6.45, 7) is 0. The zero-order chi connectivity index (χ0) is 14.8. The number of nitrogens with one attached hydrogen (secondary N) is 1. The molecule has 0 radical (unpaired) electrons. The van der Waals surface area contributed by atoms with Crippen molar-refractivity contribution in [3.8, 4) is 0 Å². The van der Waals surface area contributed by atoms with Crippen molar-refractivity contribution in [2.24, 2.45) is 0 Å². The molecule has 0 saturated heterocycles. The molecule has 0 fully saturated rings. The molecule has 0 saturated carbocycles. The van der Waals surface area contributed by atoms with Crippen LogP contribution in [0.4, 0.5) is 5.69 Å². The van der Waals surface area contributed by atoms with Gasteiger partial charge in [0.15, 0.2) is 5.76 Å². The van der Waals surface area contributed by atoms with Crippen molar-refractivity contribution in [3.63, 3.8) is 0 Å². The molecule has 2 N–H and O–H groups in total. The van der Waals surface area contributed by atoms with Crippen LogP contribution in [0.3, 0.4) is 0 Å². The van der Waals surface area contributed by atoms with Gasteiger partial charge in [-0.25, -0.2) is 0 Å². The fourth-order valence-corrected chi connectivity index (χ4v) is 2.33. The molecule has 0 spiro atoms. The Morgan fingerprint density at radius 2 is 1.62 bits per heavy atom. The third-order valence-corrected chi connectivity index (χ3v) is 3.43. The Hall–Kier alpha value is -2.46. The summed E-state index contributed by atoms with van der Waals surface area (Å²) in [6.07, 6.45) is -1.01. The summed E-state index contributed by atoms with van der Waals surface area (Å²) in [5.74, 6) is 0.667. The lowest BCUT2D eigenvalue weighted by atomic mass is 10.1. The molecule has 4 nitrogen and oxygen atoms in total. The second kappa shape index (κ2) is 5.50. The predicted octanol–water partition coefficient (Wildman–Crippen LogP) is 2.47. The second-order valence-corrected chi connectivity index (χ2v) is 5.13. The van der Waals surface area contributed by atoms with E-state index in [9.17, 15) is 5.11 Å². The zero-order valence-corrected chi connectivity index (χ0v) is 12.1. The highest BCUT2D eigenvalue weighted by Gasteiger charge is 2.25. The Bertz CT molecular complexity index is 648. The van der Waals surface area contributed by atoms with Crippen molar-refractivity contribution in [3.05, 3.63) is 65.7 Å². The van der Waals surface area contributed by atoms with Crippen molar-refractivity contribution < 1.29 is 9.84 Å². The molecule has 0 aromatic heterocycles. The molecule has 2 aromatic rings. The van der Waals surface area contributed by atoms with Gasteiger partial charge in [-0.1, -0.05) is 42.5 Å². The summed E-state index contributed by atoms with van der Waals surface area (Å²) < 4.78 is 5.51. The van der Waals surface area contributed by atoms with Gasteiger partial charge in [-0.2, -0.15) is 0 Å². The Labute approximate surface area is 124 Å². The van der Waals surface area contributed by atoms with Crippen molar-refractivity contribution in [1.82, 2.24) is 5.32 Å². The number of hydrogen-bond acceptors (Lipinski definition) is 4. The van der Waals surface area contributed by atoms with Gasteiger partial charge in [-0.05, 0) is 12.1 Å². The van der Waals surface area contributed by atoms with Crippen molar-refractivity contribution in [1.29, 1.82) is 0 Å². The molecule has 0 aliphatic carbocycles. The van der Waals surface area contributed by atoms with E-state index in [4.69, 9.17) is 4.74 Å². The molecule has 2 aromatic carbocycles. The van der Waals surface area contributed by atoms with Gasteiger partial charge in [0, 0.05) is 30.9 Å². The van der Waals surface area contributed by atoms with Gasteiger partial charge in [0.2, 0.25) is 0 Å². The SMILES string of the molecule is CN(C)c1ccc(C2=C(c3ccccc3)OC(O)N2)cc1. The molecule has 108 valence electrons. The van der Waals surface area contributed by atoms with Crippen molar-refractivity contribution in [2.45, 2.75) is 6.41 Å². The first kappa shape index (κ1) is 13.5. The van der Waals surface area contributed by atoms with Gasteiger partial charge >= 0.3 is 0 Å². The molecular formula is C17H18N2O2. The Morgan fingerprint density at radius 3 is 2.24 bits per heavy atom. The normalized spacial score (nSPS) is 17.4. The van der Waals surface area contributed by atoms with Crippen LogP contribution < -0.4 is 10.2 Å². The lowest BCUT2D eigenvalue weighted by molar-refractivity contribution is -0.0383. The van der Waals surface area contributed by atoms with Gasteiger partial charge in [0.1, 0.15) is 0 Å². The summed E-state index contributed by atoms with van der Waals surface area (Å²) in [5.41, 5.74) is 3.85. The average Bonchev–Trinajstić information content (AvgIpc) is 2.90. The van der Waals surface area contributed by atoms with Crippen LogP contribution in [-0.4, -0.2) is 25.6 Å². The first-order valence-corrected chi connectivity index (χ1v) is 6.84. The molecule has 4 heteroatoms. The number of rotatable bonds is 3. The zero-order valence-electron chi connectivity index (χ0n) is 12.1. The first-order chi connectivity index (χ1) is 10.1. The third-order valence-electron chi connectivity index (χ3n) is 3.43. The first-order valence-electron chi connectivity index (χ1n) is 6.84. The average molecular weight is 282 g/mol. The number of ether oxygens (including phenoxy) is 1. The van der Waals surface area contributed by atoms with Crippen LogP contribution in [0.2, 0.25) is 0 Å². The molecule has 1 atom stereocenters. The monoisotopic (exact) mass is 282 g/mol. The molecule has 1 aliphatic heterocycles. The fourth-order valence-electron chi connectivity index (χ4n) is 2.33. The molecule has 0 bridgehead atoms. The van der Waals surface area contributed by atoms with Crippen molar-refractivity contribution in [2.75, 3.05) is 19.0 Å². The number of benzene rings is 2. The summed E-state index contributed by atoms with van der Waals surface area (Å²) in [5, 5.41) is 12.7. The summed E-state index contributed by atoms with van der Waals surface area (Å²) in [6, 6.07) is 17.9. The van der Waals surface area contributed by atoms with Gasteiger partial charge in [-0.3, -0.25) is 0 Å². The Balaban J connectivity index is 2.01. The fraction of sp³-hybridized carbons (Fsp3) is 0.176. The quantitative estimate of drug-likeness (QED) is 0.908. The molecule has 0 amide bonds. The van der Waals surface area contributed by atoms with E-state index in [1.54, 1.807) is 0 Å². The highest BCUT2D eigenvalue weighted by molar-refractivity contribution is 5.88. The van der Waals surface area contributed by atoms with Gasteiger partial charge in [0.25, 0.3) is 6.41 Å². The minimum Gasteiger partial charge on any atom is -0.444 e. The molecule has 21 heavy (non-hydrogen) atoms. The number of aliphatic hydroxyl groups excluding tert-OH is 1. The van der Waals surface area contributed by atoms with E-state index in [0.717, 1.165) is 22.5 Å². The van der Waals surface area contributed by atoms with E-state index in [-0.39, 0.29) is 0 Å². The van der Waals surface area contributed by atoms with E-state index in [1.807, 2.05) is 73.6 Å². The second-order valence-electron chi connectivity index (χ2n) is 5.13. The minimum absolute atomic E-state index is 0.667. The highest BCUT2D eigenvalue weighted by atomic mass is 16.6. The number of nitrogens with zero attached hydrogens (tertiary/aromatic N) is 1. The Kier molecular flexibility index (Phi) is 3.54. The molecule has 1 unspecified atom stereocenters. The number of anilines is 1. The van der Waals surface area contributed by atoms with Crippen LogP contribution in [0.25, 0.3) is 11.5 Å². The van der Waals surface area contributed by atoms with E-state index in [2.05, 4.69) is 5.32 Å². The molecule has 3 rings (SSSR count). The van der Waals surface area contributed by atoms with Crippen molar-refractivity contribution >= 4 is 17.1 Å². The third kappa shape index (κ3) is 2.71. The van der Waals surface area contributed by atoms with Crippen LogP contribution in [-0.2, 0) is 4.74 Å². The predicted molar refractivity (Wildman–Crippen MR) is 84.3 cm³/mol. The standard InChI is InChI=1S/C17H18N2O2/c1-19(2)14-10-8-12(9-11-14)15-16(21-17(20)18-15)13-6-4-3-5-7-13/h3-11,17-18,20H,1-2H3. The highest BCUT2D eigenvalue weighted by Crippen LogP contribution is 2.31. The van der Waals surface area contributed by atoms with E-state index in [0.29, 0.717) is 5.76 Å². The maximum atomic E-state index is 9.75. The van der Waals surface area contributed by atoms with Crippen LogP contribution in [0.5, 0.6) is 0 Å². The topological polar surface area (TPSA) is 44.7 Å². The smallest absolute Gasteiger partial charge is 0.279 e. The lowest BCUT2D eigenvalue weighted by Crippen LogP contribution is -2.22.